The first-order valence-electron chi connectivity index (χ1n) is 6.91. The lowest BCUT2D eigenvalue weighted by molar-refractivity contribution is -0.116. The van der Waals surface area contributed by atoms with Gasteiger partial charge in [-0.3, -0.25) is 4.79 Å². The number of nitrogens with one attached hydrogen (secondary N) is 1. The van der Waals surface area contributed by atoms with Gasteiger partial charge < -0.3 is 10.2 Å². The molecule has 3 nitrogen and oxygen atoms in total. The van der Waals surface area contributed by atoms with Gasteiger partial charge in [0, 0.05) is 29.7 Å². The largest absolute Gasteiger partial charge is 0.326 e. The average molecular weight is 362 g/mol. The predicted molar refractivity (Wildman–Crippen MR) is 89.5 cm³/mol. The van der Waals surface area contributed by atoms with Crippen LogP contribution in [0.2, 0.25) is 0 Å². The van der Waals surface area contributed by atoms with Gasteiger partial charge in [-0.1, -0.05) is 22.9 Å². The lowest BCUT2D eigenvalue weighted by atomic mass is 10.0. The molecule has 1 aromatic carbocycles. The summed E-state index contributed by atoms with van der Waals surface area (Å²) in [6.07, 6.45) is 3.15. The van der Waals surface area contributed by atoms with Crippen LogP contribution in [-0.4, -0.2) is 30.4 Å². The molecule has 1 atom stereocenters. The van der Waals surface area contributed by atoms with Crippen molar-refractivity contribution in [2.45, 2.75) is 26.2 Å². The third kappa shape index (κ3) is 5.81. The lowest BCUT2D eigenvalue weighted by Gasteiger charge is -2.30. The molecule has 0 radical (unpaired) electrons. The van der Waals surface area contributed by atoms with Crippen molar-refractivity contribution in [3.8, 4) is 0 Å². The fourth-order valence-corrected chi connectivity index (χ4v) is 2.77. The molecule has 0 aliphatic carbocycles. The van der Waals surface area contributed by atoms with Crippen molar-refractivity contribution in [3.63, 3.8) is 0 Å². The second-order valence-electron chi connectivity index (χ2n) is 5.35. The molecule has 112 valence electrons. The molecule has 0 aromatic heterocycles. The van der Waals surface area contributed by atoms with E-state index in [4.69, 9.17) is 0 Å². The first kappa shape index (κ1) is 17.5. The molecule has 1 fully saturated rings. The number of rotatable bonds is 4. The molecule has 5 heteroatoms. The van der Waals surface area contributed by atoms with Gasteiger partial charge in [-0.05, 0) is 49.6 Å². The fraction of sp³-hybridized carbons (Fsp3) is 0.533. The number of likely N-dealkylation sites (tertiary alicyclic amines) is 1. The quantitative estimate of drug-likeness (QED) is 0.881. The number of carbonyl (C=O) groups is 1. The highest BCUT2D eigenvalue weighted by molar-refractivity contribution is 9.10. The van der Waals surface area contributed by atoms with Crippen molar-refractivity contribution in [2.75, 3.05) is 25.0 Å². The number of carbonyl (C=O) groups excluding carboxylic acids is 1. The molecule has 0 saturated carbocycles. The lowest BCUT2D eigenvalue weighted by Crippen LogP contribution is -2.36. The highest BCUT2D eigenvalue weighted by Crippen LogP contribution is 2.16. The molecule has 2 rings (SSSR count). The Morgan fingerprint density at radius 3 is 2.75 bits per heavy atom. The Morgan fingerprint density at radius 2 is 2.10 bits per heavy atom. The summed E-state index contributed by atoms with van der Waals surface area (Å²) in [5.41, 5.74) is 0.861. The third-order valence-corrected chi connectivity index (χ3v) is 4.05. The number of halogens is 2. The number of amides is 1. The number of hydrogen-bond donors (Lipinski definition) is 1. The van der Waals surface area contributed by atoms with Gasteiger partial charge in [0.2, 0.25) is 5.91 Å². The van der Waals surface area contributed by atoms with E-state index in [0.29, 0.717) is 6.42 Å². The third-order valence-electron chi connectivity index (χ3n) is 3.52. The molecule has 20 heavy (non-hydrogen) atoms. The molecule has 1 saturated heterocycles. The summed E-state index contributed by atoms with van der Waals surface area (Å²) in [5.74, 6) is 0.865. The maximum atomic E-state index is 11.9. The van der Waals surface area contributed by atoms with E-state index in [1.54, 1.807) is 0 Å². The summed E-state index contributed by atoms with van der Waals surface area (Å²) in [6, 6.07) is 7.68. The molecule has 1 aliphatic heterocycles. The van der Waals surface area contributed by atoms with Crippen molar-refractivity contribution in [2.24, 2.45) is 5.92 Å². The first-order valence-corrected chi connectivity index (χ1v) is 7.70. The van der Waals surface area contributed by atoms with E-state index in [1.165, 1.54) is 12.8 Å². The molecule has 1 aromatic rings. The van der Waals surface area contributed by atoms with Gasteiger partial charge in [-0.15, -0.1) is 12.4 Å². The van der Waals surface area contributed by atoms with Gasteiger partial charge in [0.15, 0.2) is 0 Å². The molecular weight excluding hydrogens is 340 g/mol. The summed E-state index contributed by atoms with van der Waals surface area (Å²) in [4.78, 5) is 14.3. The second-order valence-corrected chi connectivity index (χ2v) is 6.27. The molecule has 1 heterocycles. The van der Waals surface area contributed by atoms with Crippen LogP contribution in [0.1, 0.15) is 26.2 Å². The van der Waals surface area contributed by atoms with Gasteiger partial charge in [-0.25, -0.2) is 0 Å². The van der Waals surface area contributed by atoms with Crippen LogP contribution in [-0.2, 0) is 4.79 Å². The van der Waals surface area contributed by atoms with E-state index in [9.17, 15) is 4.79 Å². The molecule has 1 N–H and O–H groups in total. The standard InChI is InChI=1S/C15H21BrN2O.ClH/c1-12-3-2-9-18(11-12)10-8-15(19)17-14-6-4-13(16)5-7-14;/h4-7,12H,2-3,8-11H2,1H3,(H,17,19);1H. The highest BCUT2D eigenvalue weighted by atomic mass is 79.9. The van der Waals surface area contributed by atoms with Gasteiger partial charge in [0.1, 0.15) is 0 Å². The smallest absolute Gasteiger partial charge is 0.225 e. The maximum Gasteiger partial charge on any atom is 0.225 e. The topological polar surface area (TPSA) is 32.3 Å². The van der Waals surface area contributed by atoms with E-state index in [1.807, 2.05) is 24.3 Å². The molecule has 1 amide bonds. The number of anilines is 1. The van der Waals surface area contributed by atoms with Crippen LogP contribution in [0, 0.1) is 5.92 Å². The fourth-order valence-electron chi connectivity index (χ4n) is 2.51. The van der Waals surface area contributed by atoms with E-state index in [2.05, 4.69) is 33.1 Å². The minimum Gasteiger partial charge on any atom is -0.326 e. The second kappa shape index (κ2) is 8.65. The Balaban J connectivity index is 0.00000200. The number of piperidine rings is 1. The zero-order chi connectivity index (χ0) is 13.7. The van der Waals surface area contributed by atoms with Crippen LogP contribution in [0.4, 0.5) is 5.69 Å². The number of benzene rings is 1. The Hall–Kier alpha value is -0.580. The highest BCUT2D eigenvalue weighted by Gasteiger charge is 2.16. The van der Waals surface area contributed by atoms with Crippen molar-refractivity contribution in [3.05, 3.63) is 28.7 Å². The summed E-state index contributed by atoms with van der Waals surface area (Å²) in [5, 5.41) is 2.93. The predicted octanol–water partition coefficient (Wildman–Crippen LogP) is 3.93. The van der Waals surface area contributed by atoms with E-state index in [-0.39, 0.29) is 18.3 Å². The summed E-state index contributed by atoms with van der Waals surface area (Å²) >= 11 is 3.38. The Morgan fingerprint density at radius 1 is 1.40 bits per heavy atom. The molecule has 1 aliphatic rings. The van der Waals surface area contributed by atoms with Gasteiger partial charge >= 0.3 is 0 Å². The van der Waals surface area contributed by atoms with Crippen molar-refractivity contribution >= 4 is 39.9 Å². The summed E-state index contributed by atoms with van der Waals surface area (Å²) in [6.45, 7) is 5.42. The van der Waals surface area contributed by atoms with Crippen LogP contribution < -0.4 is 5.32 Å². The summed E-state index contributed by atoms with van der Waals surface area (Å²) < 4.78 is 1.02. The number of nitrogens with zero attached hydrogens (tertiary/aromatic N) is 1. The molecule has 0 bridgehead atoms. The monoisotopic (exact) mass is 360 g/mol. The Labute approximate surface area is 135 Å². The maximum absolute atomic E-state index is 11.9. The van der Waals surface area contributed by atoms with Crippen LogP contribution in [0.5, 0.6) is 0 Å². The van der Waals surface area contributed by atoms with Crippen LogP contribution in [0.3, 0.4) is 0 Å². The summed E-state index contributed by atoms with van der Waals surface area (Å²) in [7, 11) is 0. The minimum absolute atomic E-state index is 0. The van der Waals surface area contributed by atoms with Crippen LogP contribution >= 0.6 is 28.3 Å². The average Bonchev–Trinajstić information content (AvgIpc) is 2.39. The SMILES string of the molecule is CC1CCCN(CCC(=O)Nc2ccc(Br)cc2)C1.Cl. The van der Waals surface area contributed by atoms with E-state index in [0.717, 1.165) is 35.7 Å². The molecule has 0 spiro atoms. The van der Waals surface area contributed by atoms with Crippen LogP contribution in [0.25, 0.3) is 0 Å². The van der Waals surface area contributed by atoms with Gasteiger partial charge in [0.05, 0.1) is 0 Å². The Bertz CT molecular complexity index is 424. The minimum atomic E-state index is 0. The van der Waals surface area contributed by atoms with Crippen molar-refractivity contribution in [1.29, 1.82) is 0 Å². The first-order chi connectivity index (χ1) is 9.13. The van der Waals surface area contributed by atoms with E-state index < -0.39 is 0 Å². The van der Waals surface area contributed by atoms with Crippen LogP contribution in [0.15, 0.2) is 28.7 Å². The molecule has 1 unspecified atom stereocenters. The van der Waals surface area contributed by atoms with E-state index >= 15 is 0 Å². The molecular formula is C15H22BrClN2O. The van der Waals surface area contributed by atoms with Gasteiger partial charge in [-0.2, -0.15) is 0 Å². The Kier molecular flexibility index (Phi) is 7.56. The zero-order valence-electron chi connectivity index (χ0n) is 11.8. The normalized spacial score (nSPS) is 19.2. The van der Waals surface area contributed by atoms with Gasteiger partial charge in [0.25, 0.3) is 0 Å². The zero-order valence-corrected chi connectivity index (χ0v) is 14.2. The van der Waals surface area contributed by atoms with Crippen molar-refractivity contribution in [1.82, 2.24) is 4.90 Å². The van der Waals surface area contributed by atoms with Crippen molar-refractivity contribution < 1.29 is 4.79 Å². The number of hydrogen-bond acceptors (Lipinski definition) is 2.